The summed E-state index contributed by atoms with van der Waals surface area (Å²) in [6, 6.07) is 44.8. The first-order valence-electron chi connectivity index (χ1n) is 12.3. The van der Waals surface area contributed by atoms with Crippen molar-refractivity contribution in [1.82, 2.24) is 9.88 Å². The third-order valence-corrected chi connectivity index (χ3v) is 6.66. The van der Waals surface area contributed by atoms with Gasteiger partial charge in [0.2, 0.25) is 0 Å². The highest BCUT2D eigenvalue weighted by atomic mass is 15.0. The van der Waals surface area contributed by atoms with E-state index in [0.717, 1.165) is 16.8 Å². The van der Waals surface area contributed by atoms with Gasteiger partial charge in [0.1, 0.15) is 6.17 Å². The van der Waals surface area contributed by atoms with Crippen LogP contribution in [0.25, 0.3) is 38.6 Å². The lowest BCUT2D eigenvalue weighted by Gasteiger charge is -2.15. The molecule has 0 bridgehead atoms. The summed E-state index contributed by atoms with van der Waals surface area (Å²) in [5, 5.41) is 5.90. The summed E-state index contributed by atoms with van der Waals surface area (Å²) in [4.78, 5) is 4.92. The molecule has 0 saturated carbocycles. The second kappa shape index (κ2) is 9.65. The molecule has 0 fully saturated rings. The van der Waals surface area contributed by atoms with E-state index in [1.807, 2.05) is 19.3 Å². The van der Waals surface area contributed by atoms with Gasteiger partial charge in [0.25, 0.3) is 0 Å². The van der Waals surface area contributed by atoms with E-state index in [-0.39, 0.29) is 6.17 Å². The summed E-state index contributed by atoms with van der Waals surface area (Å²) in [7, 11) is 1.95. The Morgan fingerprint density at radius 1 is 0.639 bits per heavy atom. The Kier molecular flexibility index (Phi) is 5.90. The van der Waals surface area contributed by atoms with Crippen LogP contribution in [0.3, 0.4) is 0 Å². The van der Waals surface area contributed by atoms with E-state index < -0.39 is 0 Å². The maximum atomic E-state index is 4.92. The number of hydrogen-bond acceptors (Lipinski definition) is 2. The van der Waals surface area contributed by atoms with Gasteiger partial charge in [0, 0.05) is 22.7 Å². The van der Waals surface area contributed by atoms with E-state index in [2.05, 4.69) is 131 Å². The van der Waals surface area contributed by atoms with Crippen molar-refractivity contribution in [1.29, 1.82) is 0 Å². The molecule has 3 nitrogen and oxygen atoms in total. The Morgan fingerprint density at radius 2 is 1.28 bits per heavy atom. The number of nitrogens with zero attached hydrogens (tertiary/aromatic N) is 2. The molecular weight excluding hydrogens is 438 g/mol. The third kappa shape index (κ3) is 4.10. The SMILES string of the molecule is CNC(N=Cc1cccc(-c2ccccc2)c1)c1cccc(-n2c3ccccc3c3ccccc32)c1. The van der Waals surface area contributed by atoms with Gasteiger partial charge in [-0.05, 0) is 59.6 Å². The van der Waals surface area contributed by atoms with Gasteiger partial charge in [-0.3, -0.25) is 10.3 Å². The zero-order valence-corrected chi connectivity index (χ0v) is 20.2. The molecule has 5 aromatic carbocycles. The maximum absolute atomic E-state index is 4.92. The van der Waals surface area contributed by atoms with E-state index >= 15 is 0 Å². The molecular formula is C33H27N3. The summed E-state index contributed by atoms with van der Waals surface area (Å²) in [6.45, 7) is 0. The Hall–Kier alpha value is -4.47. The Bertz CT molecular complexity index is 1620. The molecule has 0 aliphatic rings. The molecule has 1 unspecified atom stereocenters. The van der Waals surface area contributed by atoms with Crippen LogP contribution in [-0.2, 0) is 0 Å². The Morgan fingerprint density at radius 3 is 2.00 bits per heavy atom. The highest BCUT2D eigenvalue weighted by Crippen LogP contribution is 2.32. The lowest BCUT2D eigenvalue weighted by Crippen LogP contribution is -2.14. The van der Waals surface area contributed by atoms with Crippen LogP contribution in [0, 0.1) is 0 Å². The van der Waals surface area contributed by atoms with Crippen molar-refractivity contribution in [3.8, 4) is 16.8 Å². The monoisotopic (exact) mass is 465 g/mol. The summed E-state index contributed by atoms with van der Waals surface area (Å²) in [5.41, 5.74) is 8.13. The number of rotatable bonds is 6. The first kappa shape index (κ1) is 22.0. The highest BCUT2D eigenvalue weighted by Gasteiger charge is 2.13. The number of para-hydroxylation sites is 2. The van der Waals surface area contributed by atoms with Gasteiger partial charge >= 0.3 is 0 Å². The predicted octanol–water partition coefficient (Wildman–Crippen LogP) is 7.79. The van der Waals surface area contributed by atoms with Crippen molar-refractivity contribution in [2.24, 2.45) is 4.99 Å². The number of fused-ring (bicyclic) bond motifs is 3. The zero-order chi connectivity index (χ0) is 24.3. The number of aromatic nitrogens is 1. The highest BCUT2D eigenvalue weighted by molar-refractivity contribution is 6.09. The Balaban J connectivity index is 1.36. The van der Waals surface area contributed by atoms with Gasteiger partial charge in [-0.25, -0.2) is 0 Å². The van der Waals surface area contributed by atoms with Gasteiger partial charge in [-0.15, -0.1) is 0 Å². The van der Waals surface area contributed by atoms with Crippen molar-refractivity contribution in [2.75, 3.05) is 7.05 Å². The van der Waals surface area contributed by atoms with Crippen LogP contribution in [0.4, 0.5) is 0 Å². The topological polar surface area (TPSA) is 29.3 Å². The molecule has 3 heteroatoms. The summed E-state index contributed by atoms with van der Waals surface area (Å²) >= 11 is 0. The molecule has 6 aromatic rings. The minimum atomic E-state index is -0.154. The van der Waals surface area contributed by atoms with Gasteiger partial charge in [-0.1, -0.05) is 97.1 Å². The van der Waals surface area contributed by atoms with Gasteiger partial charge in [-0.2, -0.15) is 0 Å². The van der Waals surface area contributed by atoms with Crippen LogP contribution in [-0.4, -0.2) is 17.8 Å². The van der Waals surface area contributed by atoms with Crippen LogP contribution < -0.4 is 5.32 Å². The van der Waals surface area contributed by atoms with Crippen molar-refractivity contribution >= 4 is 28.0 Å². The van der Waals surface area contributed by atoms with E-state index in [1.165, 1.54) is 32.9 Å². The second-order valence-corrected chi connectivity index (χ2v) is 8.93. The lowest BCUT2D eigenvalue weighted by molar-refractivity contribution is 0.627. The van der Waals surface area contributed by atoms with Gasteiger partial charge < -0.3 is 4.57 Å². The molecule has 1 N–H and O–H groups in total. The van der Waals surface area contributed by atoms with Crippen LogP contribution in [0.1, 0.15) is 17.3 Å². The normalized spacial score (nSPS) is 12.5. The molecule has 174 valence electrons. The van der Waals surface area contributed by atoms with Crippen molar-refractivity contribution in [3.05, 3.63) is 139 Å². The van der Waals surface area contributed by atoms with Gasteiger partial charge in [0.15, 0.2) is 0 Å². The molecule has 1 atom stereocenters. The number of nitrogens with one attached hydrogen (secondary N) is 1. The fourth-order valence-corrected chi connectivity index (χ4v) is 4.95. The van der Waals surface area contributed by atoms with Crippen LogP contribution >= 0.6 is 0 Å². The van der Waals surface area contributed by atoms with Crippen LogP contribution in [0.5, 0.6) is 0 Å². The molecule has 36 heavy (non-hydrogen) atoms. The average molecular weight is 466 g/mol. The summed E-state index contributed by atoms with van der Waals surface area (Å²) in [5.74, 6) is 0. The Labute approximate surface area is 211 Å². The molecule has 0 spiro atoms. The number of aliphatic imine (C=N–C) groups is 1. The van der Waals surface area contributed by atoms with Crippen molar-refractivity contribution in [2.45, 2.75) is 6.17 Å². The molecule has 1 heterocycles. The average Bonchev–Trinajstić information content (AvgIpc) is 3.29. The fraction of sp³-hybridized carbons (Fsp3) is 0.0606. The predicted molar refractivity (Wildman–Crippen MR) is 152 cm³/mol. The standard InChI is InChI=1S/C33H27N3/c1-34-33(35-23-24-11-9-14-26(21-24)25-12-3-2-4-13-25)27-15-10-16-28(22-27)36-31-19-7-5-17-29(31)30-18-6-8-20-32(30)36/h2-23,33-34H,1H3. The molecule has 0 aliphatic carbocycles. The number of hydrogen-bond donors (Lipinski definition) is 1. The number of benzene rings is 5. The summed E-state index contributed by atoms with van der Waals surface area (Å²) < 4.78 is 2.34. The molecule has 0 amide bonds. The molecule has 0 saturated heterocycles. The second-order valence-electron chi connectivity index (χ2n) is 8.93. The smallest absolute Gasteiger partial charge is 0.125 e. The van der Waals surface area contributed by atoms with Crippen LogP contribution in [0.15, 0.2) is 132 Å². The van der Waals surface area contributed by atoms with Crippen molar-refractivity contribution < 1.29 is 0 Å². The fourth-order valence-electron chi connectivity index (χ4n) is 4.95. The largest absolute Gasteiger partial charge is 0.309 e. The molecule has 1 aromatic heterocycles. The lowest BCUT2D eigenvalue weighted by atomic mass is 10.0. The van der Waals surface area contributed by atoms with Crippen LogP contribution in [0.2, 0.25) is 0 Å². The van der Waals surface area contributed by atoms with Gasteiger partial charge in [0.05, 0.1) is 11.0 Å². The third-order valence-electron chi connectivity index (χ3n) is 6.66. The minimum Gasteiger partial charge on any atom is -0.309 e. The van der Waals surface area contributed by atoms with E-state index in [4.69, 9.17) is 4.99 Å². The molecule has 6 rings (SSSR count). The zero-order valence-electron chi connectivity index (χ0n) is 20.2. The first-order valence-corrected chi connectivity index (χ1v) is 12.3. The van der Waals surface area contributed by atoms with E-state index in [0.29, 0.717) is 0 Å². The summed E-state index contributed by atoms with van der Waals surface area (Å²) in [6.07, 6.45) is 1.80. The van der Waals surface area contributed by atoms with E-state index in [1.54, 1.807) is 0 Å². The van der Waals surface area contributed by atoms with Crippen molar-refractivity contribution in [3.63, 3.8) is 0 Å². The maximum Gasteiger partial charge on any atom is 0.125 e. The van der Waals surface area contributed by atoms with E-state index in [9.17, 15) is 0 Å². The first-order chi connectivity index (χ1) is 17.8. The minimum absolute atomic E-state index is 0.154. The molecule has 0 aliphatic heterocycles. The quantitative estimate of drug-likeness (QED) is 0.250. The molecule has 0 radical (unpaired) electrons.